The van der Waals surface area contributed by atoms with Crippen molar-refractivity contribution in [3.8, 4) is 28.3 Å². The van der Waals surface area contributed by atoms with Crippen LogP contribution in [-0.4, -0.2) is 8.80 Å². The molecule has 0 spiro atoms. The normalized spacial score (nSPS) is 18.5. The molecule has 1 aliphatic rings. The van der Waals surface area contributed by atoms with Gasteiger partial charge in [0.05, 0.1) is 5.56 Å². The van der Waals surface area contributed by atoms with Crippen molar-refractivity contribution in [2.45, 2.75) is 50.2 Å². The van der Waals surface area contributed by atoms with E-state index in [2.05, 4.69) is 19.1 Å². The molecule has 0 amide bonds. The first-order valence-corrected chi connectivity index (χ1v) is 13.6. The lowest BCUT2D eigenvalue weighted by Gasteiger charge is -2.28. The van der Waals surface area contributed by atoms with Crippen LogP contribution in [0.3, 0.4) is 0 Å². The summed E-state index contributed by atoms with van der Waals surface area (Å²) in [6.07, 6.45) is 3.74. The Hall–Kier alpha value is -2.77. The first kappa shape index (κ1) is 21.5. The molecule has 0 aliphatic carbocycles. The minimum absolute atomic E-state index is 0.0200. The maximum Gasteiger partial charge on any atom is 0.141 e. The van der Waals surface area contributed by atoms with E-state index in [0.717, 1.165) is 11.1 Å². The Morgan fingerprint density at radius 3 is 2.35 bits per heavy atom. The number of rotatable bonds is 5. The molecular weight excluding hydrogens is 404 g/mol. The van der Waals surface area contributed by atoms with E-state index in [1.807, 2.05) is 18.2 Å². The average molecular weight is 432 g/mol. The van der Waals surface area contributed by atoms with Gasteiger partial charge in [0.25, 0.3) is 0 Å². The van der Waals surface area contributed by atoms with Crippen molar-refractivity contribution in [1.82, 2.24) is 0 Å². The molecule has 0 saturated carbocycles. The molecule has 0 unspecified atom stereocenters. The maximum absolute atomic E-state index is 14.6. The molecule has 1 nitrogen and oxygen atoms in total. The first-order chi connectivity index (χ1) is 15.1. The zero-order valence-electron chi connectivity index (χ0n) is 17.9. The lowest BCUT2D eigenvalue weighted by molar-refractivity contribution is 0.606. The molecular formula is C27H27F2NSi. The van der Waals surface area contributed by atoms with Gasteiger partial charge in [-0.2, -0.15) is 5.26 Å². The summed E-state index contributed by atoms with van der Waals surface area (Å²) in [7, 11) is -0.572. The molecule has 1 aliphatic heterocycles. The summed E-state index contributed by atoms with van der Waals surface area (Å²) >= 11 is 0. The standard InChI is InChI=1S/C27H27F2NSi/c1-2-13-31-14-11-19(12-15-31)20-9-10-23(24-5-3-4-6-26(24)28)25(16-20)21-7-8-22(18-30)27(29)17-21/h3-10,16-17,19,31H,2,11-15H2,1H3/t19-,31-. The summed E-state index contributed by atoms with van der Waals surface area (Å²) in [5, 5.41) is 9.09. The summed E-state index contributed by atoms with van der Waals surface area (Å²) in [6, 6.07) is 23.7. The fourth-order valence-corrected chi connectivity index (χ4v) is 8.37. The Morgan fingerprint density at radius 2 is 1.68 bits per heavy atom. The molecule has 3 aromatic rings. The molecule has 1 fully saturated rings. The van der Waals surface area contributed by atoms with Crippen molar-refractivity contribution in [2.24, 2.45) is 0 Å². The number of halogens is 2. The summed E-state index contributed by atoms with van der Waals surface area (Å²) in [5.74, 6) is -0.329. The Balaban J connectivity index is 1.76. The van der Waals surface area contributed by atoms with Gasteiger partial charge in [0.2, 0.25) is 0 Å². The highest BCUT2D eigenvalue weighted by atomic mass is 28.3. The van der Waals surface area contributed by atoms with Gasteiger partial charge in [0, 0.05) is 14.4 Å². The zero-order chi connectivity index (χ0) is 21.8. The lowest BCUT2D eigenvalue weighted by atomic mass is 9.86. The van der Waals surface area contributed by atoms with Crippen LogP contribution in [0.1, 0.15) is 43.2 Å². The van der Waals surface area contributed by atoms with Crippen LogP contribution in [-0.2, 0) is 0 Å². The van der Waals surface area contributed by atoms with E-state index >= 15 is 0 Å². The third-order valence-electron chi connectivity index (χ3n) is 6.62. The summed E-state index contributed by atoms with van der Waals surface area (Å²) in [6.45, 7) is 2.28. The van der Waals surface area contributed by atoms with Crippen molar-refractivity contribution in [2.75, 3.05) is 0 Å². The largest absolute Gasteiger partial charge is 0.206 e. The third-order valence-corrected chi connectivity index (χ3v) is 10.3. The van der Waals surface area contributed by atoms with Gasteiger partial charge in [-0.1, -0.05) is 73.9 Å². The van der Waals surface area contributed by atoms with Crippen LogP contribution in [0.15, 0.2) is 60.7 Å². The highest BCUT2D eigenvalue weighted by Crippen LogP contribution is 2.40. The van der Waals surface area contributed by atoms with Crippen LogP contribution >= 0.6 is 0 Å². The molecule has 1 heterocycles. The number of hydrogen-bond donors (Lipinski definition) is 0. The van der Waals surface area contributed by atoms with Crippen LogP contribution < -0.4 is 0 Å². The Labute approximate surface area is 185 Å². The van der Waals surface area contributed by atoms with Crippen molar-refractivity contribution >= 4 is 8.80 Å². The second-order valence-corrected chi connectivity index (χ2v) is 12.1. The first-order valence-electron chi connectivity index (χ1n) is 11.2. The maximum atomic E-state index is 14.6. The van der Waals surface area contributed by atoms with Gasteiger partial charge >= 0.3 is 0 Å². The minimum Gasteiger partial charge on any atom is -0.206 e. The zero-order valence-corrected chi connectivity index (χ0v) is 19.0. The fraction of sp³-hybridized carbons (Fsp3) is 0.296. The molecule has 31 heavy (non-hydrogen) atoms. The third kappa shape index (κ3) is 4.62. The molecule has 0 N–H and O–H groups in total. The van der Waals surface area contributed by atoms with Crippen LogP contribution in [0.5, 0.6) is 0 Å². The minimum atomic E-state index is -0.572. The molecule has 0 radical (unpaired) electrons. The van der Waals surface area contributed by atoms with Crippen LogP contribution in [0.2, 0.25) is 18.1 Å². The van der Waals surface area contributed by atoms with Crippen LogP contribution in [0.25, 0.3) is 22.3 Å². The van der Waals surface area contributed by atoms with Gasteiger partial charge in [-0.3, -0.25) is 0 Å². The monoisotopic (exact) mass is 431 g/mol. The van der Waals surface area contributed by atoms with E-state index in [1.165, 1.54) is 61.2 Å². The smallest absolute Gasteiger partial charge is 0.141 e. The molecule has 4 heteroatoms. The second-order valence-electron chi connectivity index (χ2n) is 8.60. The van der Waals surface area contributed by atoms with Crippen molar-refractivity contribution < 1.29 is 8.78 Å². The molecule has 158 valence electrons. The average Bonchev–Trinajstić information content (AvgIpc) is 2.80. The molecule has 0 atom stereocenters. The topological polar surface area (TPSA) is 23.8 Å². The van der Waals surface area contributed by atoms with E-state index in [1.54, 1.807) is 18.2 Å². The predicted octanol–water partition coefficient (Wildman–Crippen LogP) is 7.68. The molecule has 3 aromatic carbocycles. The Bertz CT molecular complexity index is 1110. The van der Waals surface area contributed by atoms with Gasteiger partial charge in [-0.15, -0.1) is 0 Å². The van der Waals surface area contributed by atoms with E-state index in [4.69, 9.17) is 5.26 Å². The summed E-state index contributed by atoms with van der Waals surface area (Å²) < 4.78 is 29.1. The van der Waals surface area contributed by atoms with Crippen LogP contribution in [0, 0.1) is 23.0 Å². The number of nitrogens with zero attached hydrogens (tertiary/aromatic N) is 1. The van der Waals surface area contributed by atoms with Crippen molar-refractivity contribution in [1.29, 1.82) is 5.26 Å². The van der Waals surface area contributed by atoms with Gasteiger partial charge in [0.15, 0.2) is 0 Å². The summed E-state index contributed by atoms with van der Waals surface area (Å²) in [4.78, 5) is 0. The van der Waals surface area contributed by atoms with Gasteiger partial charge in [0.1, 0.15) is 17.7 Å². The van der Waals surface area contributed by atoms with Gasteiger partial charge in [-0.05, 0) is 59.2 Å². The number of hydrogen-bond acceptors (Lipinski definition) is 1. The van der Waals surface area contributed by atoms with Crippen molar-refractivity contribution in [3.63, 3.8) is 0 Å². The second kappa shape index (κ2) is 9.57. The highest BCUT2D eigenvalue weighted by molar-refractivity contribution is 6.59. The quantitative estimate of drug-likeness (QED) is 0.380. The molecule has 4 rings (SSSR count). The fourth-order valence-electron chi connectivity index (χ4n) is 4.94. The number of nitriles is 1. The molecule has 0 aromatic heterocycles. The molecule has 0 bridgehead atoms. The Morgan fingerprint density at radius 1 is 0.903 bits per heavy atom. The number of benzene rings is 3. The van der Waals surface area contributed by atoms with Gasteiger partial charge < -0.3 is 0 Å². The van der Waals surface area contributed by atoms with Gasteiger partial charge in [-0.25, -0.2) is 8.78 Å². The van der Waals surface area contributed by atoms with E-state index in [-0.39, 0.29) is 11.4 Å². The summed E-state index contributed by atoms with van der Waals surface area (Å²) in [5.41, 5.74) is 4.02. The van der Waals surface area contributed by atoms with E-state index < -0.39 is 14.6 Å². The lowest BCUT2D eigenvalue weighted by Crippen LogP contribution is -2.20. The van der Waals surface area contributed by atoms with Crippen LogP contribution in [0.4, 0.5) is 8.78 Å². The predicted molar refractivity (Wildman–Crippen MR) is 126 cm³/mol. The highest BCUT2D eigenvalue weighted by Gasteiger charge is 2.24. The SMILES string of the molecule is CCC[Si@H]1CC[C@H](c2ccc(-c3ccccc3F)c(-c3ccc(C#N)c(F)c3)c2)CC1. The molecule has 1 saturated heterocycles. The Kier molecular flexibility index (Phi) is 6.63. The van der Waals surface area contributed by atoms with E-state index in [0.29, 0.717) is 17.0 Å². The van der Waals surface area contributed by atoms with Crippen molar-refractivity contribution in [3.05, 3.63) is 83.4 Å². The van der Waals surface area contributed by atoms with E-state index in [9.17, 15) is 8.78 Å².